The van der Waals surface area contributed by atoms with Crippen molar-refractivity contribution in [3.8, 4) is 0 Å². The predicted octanol–water partition coefficient (Wildman–Crippen LogP) is 2.32. The van der Waals surface area contributed by atoms with Gasteiger partial charge in [-0.3, -0.25) is 4.79 Å². The Morgan fingerprint density at radius 2 is 1.87 bits per heavy atom. The number of nitrogens with zero attached hydrogens (tertiary/aromatic N) is 1. The molecule has 0 heterocycles. The highest BCUT2D eigenvalue weighted by molar-refractivity contribution is 6.32. The first-order chi connectivity index (χ1) is 7.00. The van der Waals surface area contributed by atoms with Crippen LogP contribution in [0.15, 0.2) is 24.3 Å². The minimum atomic E-state index is -0.515. The SMILES string of the molecule is C[C@H](Cl)C(=O)Nc1ccc(N(C)C)cc1. The lowest BCUT2D eigenvalue weighted by atomic mass is 10.2. The van der Waals surface area contributed by atoms with Gasteiger partial charge in [0.15, 0.2) is 0 Å². The third-order valence-electron chi connectivity index (χ3n) is 2.01. The summed E-state index contributed by atoms with van der Waals surface area (Å²) >= 11 is 5.64. The van der Waals surface area contributed by atoms with Gasteiger partial charge in [-0.05, 0) is 31.2 Å². The van der Waals surface area contributed by atoms with Gasteiger partial charge in [0, 0.05) is 25.5 Å². The molecule has 1 aromatic rings. The first-order valence-electron chi connectivity index (χ1n) is 4.73. The third kappa shape index (κ3) is 3.44. The second-order valence-corrected chi connectivity index (χ2v) is 4.20. The maximum atomic E-state index is 11.3. The van der Waals surface area contributed by atoms with Crippen molar-refractivity contribution in [3.63, 3.8) is 0 Å². The van der Waals surface area contributed by atoms with Gasteiger partial charge in [-0.1, -0.05) is 0 Å². The van der Waals surface area contributed by atoms with Crippen LogP contribution in [0.4, 0.5) is 11.4 Å². The van der Waals surface area contributed by atoms with E-state index in [1.54, 1.807) is 6.92 Å². The molecule has 0 spiro atoms. The number of rotatable bonds is 3. The first-order valence-corrected chi connectivity index (χ1v) is 5.16. The van der Waals surface area contributed by atoms with Crippen LogP contribution < -0.4 is 10.2 Å². The Kier molecular flexibility index (Phi) is 3.97. The van der Waals surface area contributed by atoms with Gasteiger partial charge in [0.05, 0.1) is 0 Å². The molecule has 1 aromatic carbocycles. The van der Waals surface area contributed by atoms with Crippen molar-refractivity contribution in [2.24, 2.45) is 0 Å². The summed E-state index contributed by atoms with van der Waals surface area (Å²) in [5, 5.41) is 2.20. The molecule has 82 valence electrons. The summed E-state index contributed by atoms with van der Waals surface area (Å²) < 4.78 is 0. The van der Waals surface area contributed by atoms with E-state index in [2.05, 4.69) is 5.32 Å². The molecule has 0 aliphatic heterocycles. The number of benzene rings is 1. The number of halogens is 1. The zero-order chi connectivity index (χ0) is 11.4. The highest BCUT2D eigenvalue weighted by Crippen LogP contribution is 2.16. The topological polar surface area (TPSA) is 32.3 Å². The summed E-state index contributed by atoms with van der Waals surface area (Å²) in [6, 6.07) is 7.59. The van der Waals surface area contributed by atoms with Crippen LogP contribution in [0.1, 0.15) is 6.92 Å². The number of hydrogen-bond donors (Lipinski definition) is 1. The standard InChI is InChI=1S/C11H15ClN2O/c1-8(12)11(15)13-9-4-6-10(7-5-9)14(2)3/h4-8H,1-3H3,(H,13,15)/t8-/m0/s1. The molecule has 1 rings (SSSR count). The number of anilines is 2. The summed E-state index contributed by atoms with van der Waals surface area (Å²) in [4.78, 5) is 13.3. The molecule has 4 heteroatoms. The Bertz CT molecular complexity index is 333. The van der Waals surface area contributed by atoms with Crippen LogP contribution in [0, 0.1) is 0 Å². The maximum Gasteiger partial charge on any atom is 0.242 e. The summed E-state index contributed by atoms with van der Waals surface area (Å²) in [5.41, 5.74) is 1.85. The number of carbonyl (C=O) groups is 1. The van der Waals surface area contributed by atoms with Gasteiger partial charge >= 0.3 is 0 Å². The fraction of sp³-hybridized carbons (Fsp3) is 0.364. The van der Waals surface area contributed by atoms with Crippen molar-refractivity contribution in [1.82, 2.24) is 0 Å². The first kappa shape index (κ1) is 11.9. The summed E-state index contributed by atoms with van der Waals surface area (Å²) in [6.07, 6.45) is 0. The lowest BCUT2D eigenvalue weighted by Crippen LogP contribution is -2.20. The van der Waals surface area contributed by atoms with Crippen LogP contribution in [0.2, 0.25) is 0 Å². The van der Waals surface area contributed by atoms with Crippen LogP contribution >= 0.6 is 11.6 Å². The van der Waals surface area contributed by atoms with Gasteiger partial charge < -0.3 is 10.2 Å². The molecule has 0 bridgehead atoms. The second-order valence-electron chi connectivity index (χ2n) is 3.55. The van der Waals surface area contributed by atoms with Gasteiger partial charge in [0.25, 0.3) is 0 Å². The summed E-state index contributed by atoms with van der Waals surface area (Å²) in [7, 11) is 3.93. The minimum Gasteiger partial charge on any atom is -0.378 e. The molecule has 0 radical (unpaired) electrons. The molecule has 0 aliphatic rings. The molecule has 0 aliphatic carbocycles. The monoisotopic (exact) mass is 226 g/mol. The van der Waals surface area contributed by atoms with Crippen molar-refractivity contribution in [2.75, 3.05) is 24.3 Å². The molecule has 1 N–H and O–H groups in total. The number of alkyl halides is 1. The molecule has 0 saturated heterocycles. The highest BCUT2D eigenvalue weighted by atomic mass is 35.5. The molecule has 1 atom stereocenters. The third-order valence-corrected chi connectivity index (χ3v) is 2.21. The average Bonchev–Trinajstić information content (AvgIpc) is 2.18. The van der Waals surface area contributed by atoms with Crippen LogP contribution in [0.25, 0.3) is 0 Å². The second kappa shape index (κ2) is 5.03. The summed E-state index contributed by atoms with van der Waals surface area (Å²) in [6.45, 7) is 1.64. The molecule has 0 saturated carbocycles. The maximum absolute atomic E-state index is 11.3. The Balaban J connectivity index is 2.69. The Morgan fingerprint density at radius 1 is 1.33 bits per heavy atom. The minimum absolute atomic E-state index is 0.186. The van der Waals surface area contributed by atoms with E-state index >= 15 is 0 Å². The molecule has 1 amide bonds. The van der Waals surface area contributed by atoms with Gasteiger partial charge in [-0.15, -0.1) is 11.6 Å². The lowest BCUT2D eigenvalue weighted by Gasteiger charge is -2.13. The fourth-order valence-electron chi connectivity index (χ4n) is 1.08. The number of carbonyl (C=O) groups excluding carboxylic acids is 1. The summed E-state index contributed by atoms with van der Waals surface area (Å²) in [5.74, 6) is -0.186. The molecule has 0 unspecified atom stereocenters. The van der Waals surface area contributed by atoms with Gasteiger partial charge in [-0.25, -0.2) is 0 Å². The largest absolute Gasteiger partial charge is 0.378 e. The van der Waals surface area contributed by atoms with Crippen molar-refractivity contribution >= 4 is 28.9 Å². The van der Waals surface area contributed by atoms with E-state index in [1.165, 1.54) is 0 Å². The van der Waals surface area contributed by atoms with E-state index in [9.17, 15) is 4.79 Å². The predicted molar refractivity (Wildman–Crippen MR) is 64.7 cm³/mol. The van der Waals surface area contributed by atoms with Crippen molar-refractivity contribution in [2.45, 2.75) is 12.3 Å². The van der Waals surface area contributed by atoms with Crippen LogP contribution in [0.5, 0.6) is 0 Å². The molecule has 3 nitrogen and oxygen atoms in total. The Morgan fingerprint density at radius 3 is 2.27 bits per heavy atom. The average molecular weight is 227 g/mol. The molecular formula is C11H15ClN2O. The lowest BCUT2D eigenvalue weighted by molar-refractivity contribution is -0.115. The van der Waals surface area contributed by atoms with Gasteiger partial charge in [0.2, 0.25) is 5.91 Å². The van der Waals surface area contributed by atoms with E-state index in [4.69, 9.17) is 11.6 Å². The van der Waals surface area contributed by atoms with E-state index in [1.807, 2.05) is 43.3 Å². The van der Waals surface area contributed by atoms with Gasteiger partial charge in [0.1, 0.15) is 5.38 Å². The van der Waals surface area contributed by atoms with E-state index in [0.717, 1.165) is 11.4 Å². The van der Waals surface area contributed by atoms with Crippen molar-refractivity contribution in [3.05, 3.63) is 24.3 Å². The zero-order valence-electron chi connectivity index (χ0n) is 9.12. The van der Waals surface area contributed by atoms with E-state index in [0.29, 0.717) is 0 Å². The van der Waals surface area contributed by atoms with E-state index in [-0.39, 0.29) is 5.91 Å². The molecular weight excluding hydrogens is 212 g/mol. The van der Waals surface area contributed by atoms with Crippen molar-refractivity contribution < 1.29 is 4.79 Å². The van der Waals surface area contributed by atoms with Crippen LogP contribution in [0.3, 0.4) is 0 Å². The fourth-order valence-corrected chi connectivity index (χ4v) is 1.14. The number of hydrogen-bond acceptors (Lipinski definition) is 2. The Labute approximate surface area is 95.0 Å². The number of nitrogens with one attached hydrogen (secondary N) is 1. The van der Waals surface area contributed by atoms with Crippen LogP contribution in [-0.2, 0) is 4.79 Å². The normalized spacial score (nSPS) is 12.0. The molecule has 15 heavy (non-hydrogen) atoms. The zero-order valence-corrected chi connectivity index (χ0v) is 9.88. The van der Waals surface area contributed by atoms with E-state index < -0.39 is 5.38 Å². The quantitative estimate of drug-likeness (QED) is 0.803. The smallest absolute Gasteiger partial charge is 0.242 e. The Hall–Kier alpha value is -1.22. The van der Waals surface area contributed by atoms with Gasteiger partial charge in [-0.2, -0.15) is 0 Å². The highest BCUT2D eigenvalue weighted by Gasteiger charge is 2.08. The van der Waals surface area contributed by atoms with Crippen LogP contribution in [-0.4, -0.2) is 25.4 Å². The number of amides is 1. The molecule has 0 fully saturated rings. The molecule has 0 aromatic heterocycles. The van der Waals surface area contributed by atoms with Crippen molar-refractivity contribution in [1.29, 1.82) is 0 Å².